The summed E-state index contributed by atoms with van der Waals surface area (Å²) in [6, 6.07) is 15.9. The van der Waals surface area contributed by atoms with Crippen LogP contribution in [0.25, 0.3) is 11.3 Å². The van der Waals surface area contributed by atoms with Crippen molar-refractivity contribution in [3.05, 3.63) is 54.7 Å². The lowest BCUT2D eigenvalue weighted by atomic mass is 10.0. The maximum atomic E-state index is 12.4. The molecule has 2 saturated heterocycles. The fraction of sp³-hybridized carbons (Fsp3) is 0.452. The Labute approximate surface area is 236 Å². The first-order valence-corrected chi connectivity index (χ1v) is 14.3. The molecular formula is C31H40N6O3. The van der Waals surface area contributed by atoms with E-state index in [-0.39, 0.29) is 12.0 Å². The monoisotopic (exact) mass is 544 g/mol. The maximum Gasteiger partial charge on any atom is 0.227 e. The maximum absolute atomic E-state index is 12.4. The molecule has 2 aromatic carbocycles. The molecule has 9 heteroatoms. The van der Waals surface area contributed by atoms with Gasteiger partial charge in [-0.25, -0.2) is 9.97 Å². The number of rotatable bonds is 9. The van der Waals surface area contributed by atoms with Crippen molar-refractivity contribution < 1.29 is 14.3 Å². The number of morpholine rings is 1. The number of nitrogens with zero attached hydrogens (tertiary/aromatic N) is 4. The number of carbonyl (C=O) groups excluding carboxylic acids is 1. The van der Waals surface area contributed by atoms with Crippen LogP contribution in [-0.2, 0) is 9.53 Å². The fourth-order valence-corrected chi connectivity index (χ4v) is 5.07. The number of nitrogens with two attached hydrogens (primary N) is 1. The number of aromatic nitrogens is 2. The minimum atomic E-state index is 0.0480. The molecule has 0 saturated carbocycles. The van der Waals surface area contributed by atoms with Gasteiger partial charge in [-0.05, 0) is 60.9 Å². The van der Waals surface area contributed by atoms with Crippen molar-refractivity contribution in [2.45, 2.75) is 45.6 Å². The van der Waals surface area contributed by atoms with E-state index in [9.17, 15) is 4.79 Å². The second-order valence-corrected chi connectivity index (χ2v) is 10.9. The number of ether oxygens (including phenoxy) is 2. The highest BCUT2D eigenvalue weighted by atomic mass is 16.5. The van der Waals surface area contributed by atoms with E-state index >= 15 is 0 Å². The third-order valence-electron chi connectivity index (χ3n) is 7.48. The number of anilines is 4. The molecule has 0 spiro atoms. The van der Waals surface area contributed by atoms with Crippen molar-refractivity contribution >= 4 is 28.9 Å². The Morgan fingerprint density at radius 2 is 1.82 bits per heavy atom. The topological polar surface area (TPSA) is 106 Å². The average molecular weight is 545 g/mol. The number of nitrogen functional groups attached to an aromatic ring is 1. The van der Waals surface area contributed by atoms with E-state index in [1.807, 2.05) is 41.3 Å². The van der Waals surface area contributed by atoms with E-state index in [0.29, 0.717) is 29.7 Å². The van der Waals surface area contributed by atoms with Crippen LogP contribution in [-0.4, -0.2) is 66.3 Å². The highest BCUT2D eigenvalue weighted by molar-refractivity contribution is 5.76. The summed E-state index contributed by atoms with van der Waals surface area (Å²) in [5.41, 5.74) is 10.7. The van der Waals surface area contributed by atoms with Crippen molar-refractivity contribution in [1.29, 1.82) is 0 Å². The third kappa shape index (κ3) is 7.21. The zero-order valence-electron chi connectivity index (χ0n) is 23.5. The molecular weight excluding hydrogens is 504 g/mol. The fourth-order valence-electron chi connectivity index (χ4n) is 5.07. The van der Waals surface area contributed by atoms with Crippen molar-refractivity contribution in [3.63, 3.8) is 0 Å². The van der Waals surface area contributed by atoms with Crippen molar-refractivity contribution in [3.8, 4) is 17.0 Å². The van der Waals surface area contributed by atoms with E-state index in [1.165, 1.54) is 5.69 Å². The van der Waals surface area contributed by atoms with Crippen LogP contribution in [0, 0.1) is 5.92 Å². The molecule has 3 N–H and O–H groups in total. The number of likely N-dealkylation sites (tertiary alicyclic amines) is 1. The van der Waals surface area contributed by atoms with Gasteiger partial charge < -0.3 is 30.3 Å². The van der Waals surface area contributed by atoms with Gasteiger partial charge in [-0.3, -0.25) is 4.79 Å². The van der Waals surface area contributed by atoms with Crippen LogP contribution in [0.4, 0.5) is 23.0 Å². The third-order valence-corrected chi connectivity index (χ3v) is 7.48. The van der Waals surface area contributed by atoms with Gasteiger partial charge in [0.05, 0.1) is 24.6 Å². The van der Waals surface area contributed by atoms with E-state index in [1.54, 1.807) is 6.20 Å². The van der Waals surface area contributed by atoms with Crippen LogP contribution in [0.1, 0.15) is 39.5 Å². The van der Waals surface area contributed by atoms with Gasteiger partial charge >= 0.3 is 0 Å². The highest BCUT2D eigenvalue weighted by Gasteiger charge is 2.24. The molecule has 212 valence electrons. The molecule has 9 nitrogen and oxygen atoms in total. The smallest absolute Gasteiger partial charge is 0.227 e. The number of benzene rings is 2. The molecule has 1 aromatic heterocycles. The Morgan fingerprint density at radius 3 is 2.52 bits per heavy atom. The minimum Gasteiger partial charge on any atom is -0.488 e. The summed E-state index contributed by atoms with van der Waals surface area (Å²) in [7, 11) is 0. The number of hydrogen-bond acceptors (Lipinski definition) is 8. The predicted octanol–water partition coefficient (Wildman–Crippen LogP) is 5.11. The van der Waals surface area contributed by atoms with E-state index in [2.05, 4.69) is 41.2 Å². The van der Waals surface area contributed by atoms with E-state index in [4.69, 9.17) is 20.2 Å². The molecule has 0 aliphatic carbocycles. The van der Waals surface area contributed by atoms with Crippen LogP contribution in [0.3, 0.4) is 0 Å². The molecule has 0 radical (unpaired) electrons. The summed E-state index contributed by atoms with van der Waals surface area (Å²) in [6.45, 7) is 9.09. The lowest BCUT2D eigenvalue weighted by Gasteiger charge is -2.32. The summed E-state index contributed by atoms with van der Waals surface area (Å²) in [5.74, 6) is 1.98. The normalized spacial score (nSPS) is 16.3. The summed E-state index contributed by atoms with van der Waals surface area (Å²) in [4.78, 5) is 25.8. The Kier molecular flexibility index (Phi) is 9.01. The van der Waals surface area contributed by atoms with E-state index in [0.717, 1.165) is 75.6 Å². The molecule has 3 heterocycles. The van der Waals surface area contributed by atoms with Gasteiger partial charge in [0.1, 0.15) is 11.9 Å². The number of nitrogens with one attached hydrogen (secondary N) is 1. The molecule has 3 aromatic rings. The Morgan fingerprint density at radius 1 is 1.07 bits per heavy atom. The van der Waals surface area contributed by atoms with Crippen LogP contribution < -0.4 is 20.7 Å². The number of hydrogen-bond donors (Lipinski definition) is 2. The molecule has 0 atom stereocenters. The first-order valence-electron chi connectivity index (χ1n) is 14.3. The largest absolute Gasteiger partial charge is 0.488 e. The lowest BCUT2D eigenvalue weighted by molar-refractivity contribution is -0.133. The van der Waals surface area contributed by atoms with Gasteiger partial charge in [0.15, 0.2) is 0 Å². The van der Waals surface area contributed by atoms with Crippen LogP contribution in [0.15, 0.2) is 54.7 Å². The second-order valence-electron chi connectivity index (χ2n) is 10.9. The summed E-state index contributed by atoms with van der Waals surface area (Å²) >= 11 is 0. The quantitative estimate of drug-likeness (QED) is 0.358. The first-order chi connectivity index (χ1) is 19.4. The van der Waals surface area contributed by atoms with Crippen molar-refractivity contribution in [2.24, 2.45) is 5.92 Å². The van der Waals surface area contributed by atoms with Gasteiger partial charge in [0.25, 0.3) is 0 Å². The summed E-state index contributed by atoms with van der Waals surface area (Å²) < 4.78 is 11.7. The van der Waals surface area contributed by atoms with Gasteiger partial charge in [-0.1, -0.05) is 13.8 Å². The van der Waals surface area contributed by atoms with Gasteiger partial charge in [-0.2, -0.15) is 0 Å². The van der Waals surface area contributed by atoms with Crippen LogP contribution >= 0.6 is 0 Å². The predicted molar refractivity (Wildman–Crippen MR) is 159 cm³/mol. The van der Waals surface area contributed by atoms with Crippen molar-refractivity contribution in [1.82, 2.24) is 14.9 Å². The summed E-state index contributed by atoms with van der Waals surface area (Å²) in [6.07, 6.45) is 4.96. The number of amides is 1. The zero-order chi connectivity index (χ0) is 27.9. The Balaban J connectivity index is 1.16. The SMILES string of the molecule is CC(C)CCC(=O)N1CCC(Oc2ccc(-c3ccnc(Nc4ccc(N5CCOCC5)cc4)n3)cc2N)CC1. The van der Waals surface area contributed by atoms with Crippen LogP contribution in [0.5, 0.6) is 5.75 Å². The number of carbonyl (C=O) groups is 1. The average Bonchev–Trinajstić information content (AvgIpc) is 2.98. The zero-order valence-corrected chi connectivity index (χ0v) is 23.5. The molecule has 1 amide bonds. The highest BCUT2D eigenvalue weighted by Crippen LogP contribution is 2.31. The van der Waals surface area contributed by atoms with Crippen molar-refractivity contribution in [2.75, 3.05) is 55.3 Å². The molecule has 0 bridgehead atoms. The molecule has 40 heavy (non-hydrogen) atoms. The Hall–Kier alpha value is -3.85. The molecule has 2 fully saturated rings. The lowest BCUT2D eigenvalue weighted by Crippen LogP contribution is -2.41. The molecule has 5 rings (SSSR count). The standard InChI is InChI=1S/C31H40N6O3/c1-22(2)3-10-30(38)37-15-12-26(13-16-37)40-29-9-4-23(21-27(29)32)28-11-14-33-31(35-28)34-24-5-7-25(8-6-24)36-17-19-39-20-18-36/h4-9,11,14,21-22,26H,3,10,12-13,15-20,32H2,1-2H3,(H,33,34,35). The summed E-state index contributed by atoms with van der Waals surface area (Å²) in [5, 5.41) is 3.30. The molecule has 2 aliphatic heterocycles. The molecule has 0 unspecified atom stereocenters. The van der Waals surface area contributed by atoms with Gasteiger partial charge in [-0.15, -0.1) is 0 Å². The first kappa shape index (κ1) is 27.7. The molecule has 2 aliphatic rings. The number of piperidine rings is 1. The minimum absolute atomic E-state index is 0.0480. The van der Waals surface area contributed by atoms with E-state index < -0.39 is 0 Å². The Bertz CT molecular complexity index is 1270. The van der Waals surface area contributed by atoms with Gasteiger partial charge in [0.2, 0.25) is 11.9 Å². The van der Waals surface area contributed by atoms with Gasteiger partial charge in [0, 0.05) is 68.6 Å². The second kappa shape index (κ2) is 13.0. The van der Waals surface area contributed by atoms with Crippen LogP contribution in [0.2, 0.25) is 0 Å².